The molecule has 0 saturated carbocycles. The van der Waals surface area contributed by atoms with Crippen molar-refractivity contribution in [3.05, 3.63) is 64.4 Å². The maximum Gasteiger partial charge on any atom is 0.216 e. The Balaban J connectivity index is 1.97. The number of methoxy groups -OCH3 is 1. The van der Waals surface area contributed by atoms with E-state index in [0.717, 1.165) is 16.9 Å². The predicted octanol–water partition coefficient (Wildman–Crippen LogP) is 4.80. The van der Waals surface area contributed by atoms with Crippen molar-refractivity contribution in [2.45, 2.75) is 26.2 Å². The zero-order valence-corrected chi connectivity index (χ0v) is 16.2. The Bertz CT molecular complexity index is 978. The van der Waals surface area contributed by atoms with Gasteiger partial charge in [0.05, 0.1) is 13.3 Å². The minimum absolute atomic E-state index is 0.102. The average Bonchev–Trinajstić information content (AvgIpc) is 3.00. The molecule has 0 atom stereocenters. The van der Waals surface area contributed by atoms with Crippen LogP contribution in [0.3, 0.4) is 0 Å². The Labute approximate surface area is 158 Å². The molecule has 134 valence electrons. The predicted molar refractivity (Wildman–Crippen MR) is 108 cm³/mol. The molecule has 0 radical (unpaired) electrons. The lowest BCUT2D eigenvalue weighted by Crippen LogP contribution is -2.10. The van der Waals surface area contributed by atoms with Crippen molar-refractivity contribution >= 4 is 18.4 Å². The summed E-state index contributed by atoms with van der Waals surface area (Å²) in [5, 5.41) is 11.7. The van der Waals surface area contributed by atoms with Crippen LogP contribution in [0.15, 0.2) is 53.6 Å². The third kappa shape index (κ3) is 3.75. The summed E-state index contributed by atoms with van der Waals surface area (Å²) in [4.78, 5) is 0. The summed E-state index contributed by atoms with van der Waals surface area (Å²) < 4.78 is 7.41. The second kappa shape index (κ2) is 7.25. The molecule has 0 spiro atoms. The first-order chi connectivity index (χ1) is 12.4. The third-order valence-electron chi connectivity index (χ3n) is 4.11. The number of hydrogen-bond donors (Lipinski definition) is 1. The van der Waals surface area contributed by atoms with E-state index in [2.05, 4.69) is 48.2 Å². The molecule has 0 aliphatic carbocycles. The molecule has 0 aliphatic rings. The number of benzene rings is 2. The molecule has 2 aromatic carbocycles. The number of ether oxygens (including phenoxy) is 1. The molecule has 0 saturated heterocycles. The number of nitrogens with one attached hydrogen (secondary N) is 1. The lowest BCUT2D eigenvalue weighted by molar-refractivity contribution is 0.414. The Morgan fingerprint density at radius 1 is 1.12 bits per heavy atom. The van der Waals surface area contributed by atoms with Crippen LogP contribution in [-0.2, 0) is 5.41 Å². The molecule has 0 amide bonds. The number of aromatic nitrogens is 3. The number of H-pyrrole nitrogens is 1. The van der Waals surface area contributed by atoms with E-state index in [1.165, 1.54) is 5.56 Å². The van der Waals surface area contributed by atoms with Gasteiger partial charge in [-0.15, -0.1) is 0 Å². The second-order valence-electron chi connectivity index (χ2n) is 6.98. The Morgan fingerprint density at radius 2 is 1.81 bits per heavy atom. The van der Waals surface area contributed by atoms with Crippen LogP contribution in [0.2, 0.25) is 0 Å². The van der Waals surface area contributed by atoms with Gasteiger partial charge < -0.3 is 4.74 Å². The third-order valence-corrected chi connectivity index (χ3v) is 4.38. The monoisotopic (exact) mass is 366 g/mol. The lowest BCUT2D eigenvalue weighted by atomic mass is 9.87. The zero-order valence-electron chi connectivity index (χ0n) is 15.4. The fraction of sp³-hybridized carbons (Fsp3) is 0.250. The molecule has 0 fully saturated rings. The second-order valence-corrected chi connectivity index (χ2v) is 7.36. The number of aromatic amines is 1. The SMILES string of the molecule is COc1ccccc1/C=N\n1c(-c2ccc(C(C)(C)C)cc2)n[nH]c1=S. The van der Waals surface area contributed by atoms with Crippen LogP contribution in [-0.4, -0.2) is 28.2 Å². The maximum absolute atomic E-state index is 5.36. The summed E-state index contributed by atoms with van der Waals surface area (Å²) in [7, 11) is 1.64. The first kappa shape index (κ1) is 18.1. The molecule has 6 heteroatoms. The first-order valence-corrected chi connectivity index (χ1v) is 8.76. The summed E-state index contributed by atoms with van der Waals surface area (Å²) >= 11 is 5.33. The number of nitrogens with zero attached hydrogens (tertiary/aromatic N) is 3. The van der Waals surface area contributed by atoms with Crippen LogP contribution in [0, 0.1) is 4.77 Å². The highest BCUT2D eigenvalue weighted by Gasteiger charge is 2.14. The lowest BCUT2D eigenvalue weighted by Gasteiger charge is -2.18. The molecule has 1 aromatic heterocycles. The summed E-state index contributed by atoms with van der Waals surface area (Å²) in [5.41, 5.74) is 3.18. The number of hydrogen-bond acceptors (Lipinski definition) is 4. The smallest absolute Gasteiger partial charge is 0.216 e. The van der Waals surface area contributed by atoms with Crippen molar-refractivity contribution in [1.29, 1.82) is 0 Å². The molecule has 1 heterocycles. The van der Waals surface area contributed by atoms with Crippen LogP contribution < -0.4 is 4.74 Å². The van der Waals surface area contributed by atoms with Crippen molar-refractivity contribution in [1.82, 2.24) is 14.9 Å². The average molecular weight is 366 g/mol. The summed E-state index contributed by atoms with van der Waals surface area (Å²) in [6.45, 7) is 6.57. The molecule has 5 nitrogen and oxygen atoms in total. The van der Waals surface area contributed by atoms with Crippen molar-refractivity contribution in [3.8, 4) is 17.1 Å². The highest BCUT2D eigenvalue weighted by molar-refractivity contribution is 7.71. The first-order valence-electron chi connectivity index (χ1n) is 8.36. The normalized spacial score (nSPS) is 11.8. The number of rotatable bonds is 4. The molecule has 3 aromatic rings. The van der Waals surface area contributed by atoms with Gasteiger partial charge >= 0.3 is 0 Å². The van der Waals surface area contributed by atoms with E-state index in [1.807, 2.05) is 36.4 Å². The van der Waals surface area contributed by atoms with Gasteiger partial charge in [-0.2, -0.15) is 14.9 Å². The molecular formula is C20H22N4OS. The minimum atomic E-state index is 0.102. The van der Waals surface area contributed by atoms with Crippen molar-refractivity contribution in [2.75, 3.05) is 7.11 Å². The van der Waals surface area contributed by atoms with Gasteiger partial charge in [0.1, 0.15) is 5.75 Å². The van der Waals surface area contributed by atoms with Gasteiger partial charge in [-0.25, -0.2) is 5.10 Å². The standard InChI is InChI=1S/C20H22N4OS/c1-20(2,3)16-11-9-14(10-12-16)18-22-23-19(26)24(18)21-13-15-7-5-6-8-17(15)25-4/h5-13H,1-4H3,(H,23,26)/b21-13-. The van der Waals surface area contributed by atoms with Gasteiger partial charge in [0, 0.05) is 11.1 Å². The Kier molecular flexibility index (Phi) is 5.04. The van der Waals surface area contributed by atoms with Crippen LogP contribution in [0.4, 0.5) is 0 Å². The summed E-state index contributed by atoms with van der Waals surface area (Å²) in [6.07, 6.45) is 1.72. The molecule has 0 aliphatic heterocycles. The van der Waals surface area contributed by atoms with E-state index in [1.54, 1.807) is 18.0 Å². The fourth-order valence-electron chi connectivity index (χ4n) is 2.60. The molecule has 0 bridgehead atoms. The highest BCUT2D eigenvalue weighted by Crippen LogP contribution is 2.25. The van der Waals surface area contributed by atoms with E-state index < -0.39 is 0 Å². The summed E-state index contributed by atoms with van der Waals surface area (Å²) in [6, 6.07) is 16.0. The zero-order chi connectivity index (χ0) is 18.7. The van der Waals surface area contributed by atoms with Gasteiger partial charge in [0.2, 0.25) is 4.77 Å². The topological polar surface area (TPSA) is 55.2 Å². The van der Waals surface area contributed by atoms with E-state index >= 15 is 0 Å². The minimum Gasteiger partial charge on any atom is -0.496 e. The van der Waals surface area contributed by atoms with E-state index in [4.69, 9.17) is 17.0 Å². The molecular weight excluding hydrogens is 344 g/mol. The van der Waals surface area contributed by atoms with Gasteiger partial charge in [0.15, 0.2) is 5.82 Å². The van der Waals surface area contributed by atoms with Crippen LogP contribution in [0.5, 0.6) is 5.75 Å². The quantitative estimate of drug-likeness (QED) is 0.533. The number of para-hydroxylation sites is 1. The largest absolute Gasteiger partial charge is 0.496 e. The summed E-state index contributed by atoms with van der Waals surface area (Å²) in [5.74, 6) is 1.42. The van der Waals surface area contributed by atoms with Gasteiger partial charge in [-0.3, -0.25) is 0 Å². The van der Waals surface area contributed by atoms with E-state index in [-0.39, 0.29) is 5.41 Å². The van der Waals surface area contributed by atoms with Crippen molar-refractivity contribution in [2.24, 2.45) is 5.10 Å². The molecule has 3 rings (SSSR count). The van der Waals surface area contributed by atoms with Crippen molar-refractivity contribution < 1.29 is 4.74 Å². The van der Waals surface area contributed by atoms with E-state index in [9.17, 15) is 0 Å². The van der Waals surface area contributed by atoms with Crippen LogP contribution in [0.1, 0.15) is 31.9 Å². The molecule has 26 heavy (non-hydrogen) atoms. The fourth-order valence-corrected chi connectivity index (χ4v) is 2.78. The molecule has 1 N–H and O–H groups in total. The van der Waals surface area contributed by atoms with Crippen molar-refractivity contribution in [3.63, 3.8) is 0 Å². The van der Waals surface area contributed by atoms with E-state index in [0.29, 0.717) is 10.6 Å². The Morgan fingerprint density at radius 3 is 2.46 bits per heavy atom. The maximum atomic E-state index is 5.36. The van der Waals surface area contributed by atoms with Gasteiger partial charge in [0.25, 0.3) is 0 Å². The Hall–Kier alpha value is -2.73. The van der Waals surface area contributed by atoms with Crippen LogP contribution in [0.25, 0.3) is 11.4 Å². The van der Waals surface area contributed by atoms with Gasteiger partial charge in [-0.1, -0.05) is 57.2 Å². The van der Waals surface area contributed by atoms with Crippen LogP contribution >= 0.6 is 12.2 Å². The van der Waals surface area contributed by atoms with Gasteiger partial charge in [-0.05, 0) is 35.3 Å². The molecule has 0 unspecified atom stereocenters. The highest BCUT2D eigenvalue weighted by atomic mass is 32.1.